The number of piperidine rings is 1. The van der Waals surface area contributed by atoms with Crippen molar-refractivity contribution >= 4 is 29.1 Å². The Morgan fingerprint density at radius 1 is 1.07 bits per heavy atom. The summed E-state index contributed by atoms with van der Waals surface area (Å²) < 4.78 is 5.32. The molecular weight excluding hydrogens is 404 g/mol. The van der Waals surface area contributed by atoms with Crippen molar-refractivity contribution in [2.75, 3.05) is 58.2 Å². The first kappa shape index (κ1) is 22.7. The SMILES string of the molecule is COc1ccc(Cl)cc1NCCC(=O)N1CCN(C(C)C(=O)N2CCCCC2)CC1. The molecule has 2 heterocycles. The molecule has 2 aliphatic heterocycles. The molecule has 166 valence electrons. The second kappa shape index (κ2) is 10.9. The second-order valence-electron chi connectivity index (χ2n) is 8.00. The minimum absolute atomic E-state index is 0.114. The van der Waals surface area contributed by atoms with E-state index in [-0.39, 0.29) is 17.9 Å². The van der Waals surface area contributed by atoms with Crippen LogP contribution in [-0.2, 0) is 9.59 Å². The molecule has 0 radical (unpaired) electrons. The Morgan fingerprint density at radius 3 is 2.43 bits per heavy atom. The minimum Gasteiger partial charge on any atom is -0.495 e. The average molecular weight is 437 g/mol. The number of anilines is 1. The molecule has 0 aromatic heterocycles. The van der Waals surface area contributed by atoms with Crippen molar-refractivity contribution in [1.82, 2.24) is 14.7 Å². The average Bonchev–Trinajstić information content (AvgIpc) is 2.79. The van der Waals surface area contributed by atoms with Crippen LogP contribution in [0.4, 0.5) is 5.69 Å². The third-order valence-corrected chi connectivity index (χ3v) is 6.29. The van der Waals surface area contributed by atoms with Gasteiger partial charge in [-0.05, 0) is 44.4 Å². The summed E-state index contributed by atoms with van der Waals surface area (Å²) in [7, 11) is 1.61. The van der Waals surface area contributed by atoms with Crippen molar-refractivity contribution in [3.05, 3.63) is 23.2 Å². The summed E-state index contributed by atoms with van der Waals surface area (Å²) >= 11 is 6.05. The highest BCUT2D eigenvalue weighted by Crippen LogP contribution is 2.27. The van der Waals surface area contributed by atoms with E-state index in [1.54, 1.807) is 25.3 Å². The summed E-state index contributed by atoms with van der Waals surface area (Å²) in [6.07, 6.45) is 3.83. The molecule has 0 bridgehead atoms. The highest BCUT2D eigenvalue weighted by molar-refractivity contribution is 6.30. The van der Waals surface area contributed by atoms with Gasteiger partial charge in [-0.3, -0.25) is 14.5 Å². The standard InChI is InChI=1S/C22H33ClN4O3/c1-17(22(29)27-10-4-3-5-11-27)25-12-14-26(15-13-25)21(28)8-9-24-19-16-18(23)6-7-20(19)30-2/h6-7,16-17,24H,3-5,8-15H2,1-2H3. The molecule has 30 heavy (non-hydrogen) atoms. The van der Waals surface area contributed by atoms with E-state index in [1.165, 1.54) is 6.42 Å². The molecule has 1 unspecified atom stereocenters. The summed E-state index contributed by atoms with van der Waals surface area (Å²) in [4.78, 5) is 31.4. The van der Waals surface area contributed by atoms with Gasteiger partial charge in [0.1, 0.15) is 5.75 Å². The second-order valence-corrected chi connectivity index (χ2v) is 8.44. The molecule has 0 aliphatic carbocycles. The van der Waals surface area contributed by atoms with Gasteiger partial charge >= 0.3 is 0 Å². The molecule has 8 heteroatoms. The highest BCUT2D eigenvalue weighted by atomic mass is 35.5. The molecule has 2 fully saturated rings. The lowest BCUT2D eigenvalue weighted by molar-refractivity contribution is -0.139. The largest absolute Gasteiger partial charge is 0.495 e. The van der Waals surface area contributed by atoms with Gasteiger partial charge in [0.15, 0.2) is 0 Å². The Labute approximate surface area is 184 Å². The molecule has 1 atom stereocenters. The van der Waals surface area contributed by atoms with E-state index in [0.29, 0.717) is 36.8 Å². The lowest BCUT2D eigenvalue weighted by Gasteiger charge is -2.39. The number of nitrogens with one attached hydrogen (secondary N) is 1. The number of piperazine rings is 1. The van der Waals surface area contributed by atoms with E-state index >= 15 is 0 Å². The molecule has 7 nitrogen and oxygen atoms in total. The summed E-state index contributed by atoms with van der Waals surface area (Å²) in [5.74, 6) is 1.06. The maximum Gasteiger partial charge on any atom is 0.239 e. The number of methoxy groups -OCH3 is 1. The predicted octanol–water partition coefficient (Wildman–Crippen LogP) is 2.70. The zero-order valence-corrected chi connectivity index (χ0v) is 18.8. The van der Waals surface area contributed by atoms with Crippen LogP contribution in [-0.4, -0.2) is 85.5 Å². The third-order valence-electron chi connectivity index (χ3n) is 6.06. The van der Waals surface area contributed by atoms with Crippen LogP contribution in [0.1, 0.15) is 32.6 Å². The van der Waals surface area contributed by atoms with E-state index in [9.17, 15) is 9.59 Å². The summed E-state index contributed by atoms with van der Waals surface area (Å²) in [6.45, 7) is 7.08. The molecule has 3 rings (SSSR count). The van der Waals surface area contributed by atoms with Gasteiger partial charge in [-0.25, -0.2) is 0 Å². The van der Waals surface area contributed by atoms with Crippen LogP contribution in [0.25, 0.3) is 0 Å². The maximum absolute atomic E-state index is 12.7. The Kier molecular flexibility index (Phi) is 8.22. The van der Waals surface area contributed by atoms with Crippen LogP contribution in [0, 0.1) is 0 Å². The molecule has 2 aliphatic rings. The first-order valence-corrected chi connectivity index (χ1v) is 11.3. The van der Waals surface area contributed by atoms with E-state index < -0.39 is 0 Å². The first-order valence-electron chi connectivity index (χ1n) is 10.9. The van der Waals surface area contributed by atoms with Crippen molar-refractivity contribution in [2.45, 2.75) is 38.6 Å². The summed E-state index contributed by atoms with van der Waals surface area (Å²) in [5, 5.41) is 3.86. The molecule has 1 N–H and O–H groups in total. The predicted molar refractivity (Wildman–Crippen MR) is 119 cm³/mol. The van der Waals surface area contributed by atoms with Gasteiger partial charge in [-0.1, -0.05) is 11.6 Å². The number of hydrogen-bond donors (Lipinski definition) is 1. The fourth-order valence-electron chi connectivity index (χ4n) is 4.17. The maximum atomic E-state index is 12.7. The molecule has 0 spiro atoms. The van der Waals surface area contributed by atoms with Gasteiger partial charge in [-0.15, -0.1) is 0 Å². The summed E-state index contributed by atoms with van der Waals surface area (Å²) in [6, 6.07) is 5.26. The van der Waals surface area contributed by atoms with E-state index in [1.807, 2.05) is 16.7 Å². The molecule has 2 saturated heterocycles. The van der Waals surface area contributed by atoms with Gasteiger partial charge in [0.05, 0.1) is 18.8 Å². The Bertz CT molecular complexity index is 731. The van der Waals surface area contributed by atoms with Crippen molar-refractivity contribution < 1.29 is 14.3 Å². The number of likely N-dealkylation sites (tertiary alicyclic amines) is 1. The van der Waals surface area contributed by atoms with Crippen LogP contribution < -0.4 is 10.1 Å². The fourth-order valence-corrected chi connectivity index (χ4v) is 4.35. The summed E-state index contributed by atoms with van der Waals surface area (Å²) in [5.41, 5.74) is 0.785. The Hall–Kier alpha value is -1.99. The van der Waals surface area contributed by atoms with Crippen LogP contribution >= 0.6 is 11.6 Å². The number of amides is 2. The number of nitrogens with zero attached hydrogens (tertiary/aromatic N) is 3. The molecule has 0 saturated carbocycles. The number of rotatable bonds is 7. The first-order chi connectivity index (χ1) is 14.5. The number of carbonyl (C=O) groups excluding carboxylic acids is 2. The smallest absolute Gasteiger partial charge is 0.239 e. The van der Waals surface area contributed by atoms with E-state index in [0.717, 1.165) is 44.7 Å². The highest BCUT2D eigenvalue weighted by Gasteiger charge is 2.30. The zero-order valence-electron chi connectivity index (χ0n) is 18.0. The van der Waals surface area contributed by atoms with Crippen molar-refractivity contribution in [2.24, 2.45) is 0 Å². The van der Waals surface area contributed by atoms with Crippen molar-refractivity contribution in [3.8, 4) is 5.75 Å². The number of halogens is 1. The van der Waals surface area contributed by atoms with E-state index in [4.69, 9.17) is 16.3 Å². The number of benzene rings is 1. The van der Waals surface area contributed by atoms with Crippen molar-refractivity contribution in [3.63, 3.8) is 0 Å². The minimum atomic E-state index is -0.114. The lowest BCUT2D eigenvalue weighted by atomic mass is 10.1. The molecule has 2 amide bonds. The van der Waals surface area contributed by atoms with Crippen LogP contribution in [0.15, 0.2) is 18.2 Å². The number of carbonyl (C=O) groups is 2. The van der Waals surface area contributed by atoms with Crippen molar-refractivity contribution in [1.29, 1.82) is 0 Å². The van der Waals surface area contributed by atoms with Crippen LogP contribution in [0.3, 0.4) is 0 Å². The van der Waals surface area contributed by atoms with Crippen LogP contribution in [0.2, 0.25) is 5.02 Å². The fraction of sp³-hybridized carbons (Fsp3) is 0.636. The normalized spacial score (nSPS) is 18.8. The Morgan fingerprint density at radius 2 is 1.77 bits per heavy atom. The monoisotopic (exact) mass is 436 g/mol. The molecule has 1 aromatic rings. The quantitative estimate of drug-likeness (QED) is 0.711. The van der Waals surface area contributed by atoms with Gasteiger partial charge in [0, 0.05) is 57.3 Å². The lowest BCUT2D eigenvalue weighted by Crippen LogP contribution is -2.56. The van der Waals surface area contributed by atoms with Gasteiger partial charge < -0.3 is 19.9 Å². The molecular formula is C22H33ClN4O3. The molecule has 1 aromatic carbocycles. The van der Waals surface area contributed by atoms with Gasteiger partial charge in [-0.2, -0.15) is 0 Å². The third kappa shape index (κ3) is 5.79. The topological polar surface area (TPSA) is 65.1 Å². The van der Waals surface area contributed by atoms with Crippen LogP contribution in [0.5, 0.6) is 5.75 Å². The van der Waals surface area contributed by atoms with Gasteiger partial charge in [0.25, 0.3) is 0 Å². The number of ether oxygens (including phenoxy) is 1. The zero-order chi connectivity index (χ0) is 21.5. The van der Waals surface area contributed by atoms with E-state index in [2.05, 4.69) is 10.2 Å². The Balaban J connectivity index is 1.42. The van der Waals surface area contributed by atoms with Gasteiger partial charge in [0.2, 0.25) is 11.8 Å². The number of hydrogen-bond acceptors (Lipinski definition) is 5.